The summed E-state index contributed by atoms with van der Waals surface area (Å²) in [5.41, 5.74) is 2.25. The summed E-state index contributed by atoms with van der Waals surface area (Å²) in [4.78, 5) is 82.1. The molecule has 3 fully saturated rings. The van der Waals surface area contributed by atoms with Crippen LogP contribution in [0.15, 0.2) is 85.1 Å². The number of amides is 5. The highest BCUT2D eigenvalue weighted by Crippen LogP contribution is 2.36. The van der Waals surface area contributed by atoms with Gasteiger partial charge in [-0.1, -0.05) is 85.8 Å². The minimum absolute atomic E-state index is 0.00637. The molecule has 6 atom stereocenters. The molecule has 342 valence electrons. The lowest BCUT2D eigenvalue weighted by molar-refractivity contribution is -0.146. The van der Waals surface area contributed by atoms with Gasteiger partial charge in [-0.25, -0.2) is 14.6 Å². The molecule has 64 heavy (non-hydrogen) atoms. The first-order chi connectivity index (χ1) is 30.5. The Hall–Kier alpha value is -5.92. The van der Waals surface area contributed by atoms with Gasteiger partial charge in [0.15, 0.2) is 0 Å². The van der Waals surface area contributed by atoms with Crippen molar-refractivity contribution in [3.63, 3.8) is 0 Å². The quantitative estimate of drug-likeness (QED) is 0.185. The van der Waals surface area contributed by atoms with Crippen molar-refractivity contribution < 1.29 is 33.4 Å². The number of carbonyl (C=O) groups is 5. The van der Waals surface area contributed by atoms with E-state index in [2.05, 4.69) is 39.9 Å². The Morgan fingerprint density at radius 2 is 1.36 bits per heavy atom. The second kappa shape index (κ2) is 19.4. The van der Waals surface area contributed by atoms with E-state index >= 15 is 0 Å². The number of H-pyrrole nitrogens is 1. The van der Waals surface area contributed by atoms with E-state index < -0.39 is 41.5 Å². The van der Waals surface area contributed by atoms with Crippen molar-refractivity contribution in [3.05, 3.63) is 102 Å². The van der Waals surface area contributed by atoms with Gasteiger partial charge in [0.2, 0.25) is 11.8 Å². The van der Waals surface area contributed by atoms with Gasteiger partial charge in [-0.3, -0.25) is 14.4 Å². The van der Waals surface area contributed by atoms with Gasteiger partial charge in [-0.2, -0.15) is 0 Å². The van der Waals surface area contributed by atoms with Crippen LogP contribution in [0.1, 0.15) is 122 Å². The van der Waals surface area contributed by atoms with Gasteiger partial charge in [0.05, 0.1) is 17.9 Å². The predicted molar refractivity (Wildman–Crippen MR) is 244 cm³/mol. The molecule has 0 radical (unpaired) electrons. The van der Waals surface area contributed by atoms with Crippen molar-refractivity contribution in [2.24, 2.45) is 11.8 Å². The topological polar surface area (TPSA) is 166 Å². The van der Waals surface area contributed by atoms with Crippen LogP contribution in [0.5, 0.6) is 0 Å². The molecule has 3 saturated heterocycles. The second-order valence-corrected chi connectivity index (χ2v) is 19.6. The fourth-order valence-corrected chi connectivity index (χ4v) is 9.44. The first kappa shape index (κ1) is 46.1. The van der Waals surface area contributed by atoms with Crippen LogP contribution in [0.25, 0.3) is 11.3 Å². The largest absolute Gasteiger partial charge is 0.444 e. The molecule has 4 aliphatic rings. The maximum Gasteiger partial charge on any atom is 0.408 e. The number of likely N-dealkylation sites (tertiary alicyclic amines) is 3. The van der Waals surface area contributed by atoms with Gasteiger partial charge in [0, 0.05) is 32.1 Å². The summed E-state index contributed by atoms with van der Waals surface area (Å²) < 4.78 is 11.1. The third-order valence-corrected chi connectivity index (χ3v) is 12.6. The summed E-state index contributed by atoms with van der Waals surface area (Å²) in [7, 11) is 0. The summed E-state index contributed by atoms with van der Waals surface area (Å²) in [6.45, 7) is 14.9. The van der Waals surface area contributed by atoms with E-state index in [1.54, 1.807) is 57.5 Å². The third-order valence-electron chi connectivity index (χ3n) is 12.6. The molecule has 0 bridgehead atoms. The molecule has 4 heterocycles. The molecule has 3 aromatic rings. The van der Waals surface area contributed by atoms with Crippen molar-refractivity contribution in [2.45, 2.75) is 128 Å². The number of benzene rings is 2. The van der Waals surface area contributed by atoms with Gasteiger partial charge in [0.1, 0.15) is 35.2 Å². The number of hydrogen-bond acceptors (Lipinski definition) is 8. The van der Waals surface area contributed by atoms with Crippen LogP contribution in [0.4, 0.5) is 9.59 Å². The van der Waals surface area contributed by atoms with Crippen LogP contribution < -0.4 is 10.6 Å². The number of aromatic nitrogens is 2. The molecular formula is C50H65N7O7. The molecular weight excluding hydrogens is 811 g/mol. The smallest absolute Gasteiger partial charge is 0.408 e. The lowest BCUT2D eigenvalue weighted by atomic mass is 9.83. The highest BCUT2D eigenvalue weighted by atomic mass is 16.6. The van der Waals surface area contributed by atoms with Crippen LogP contribution in [-0.2, 0) is 23.9 Å². The number of alkyl carbamates (subject to hydrolysis) is 2. The monoisotopic (exact) mass is 875 g/mol. The zero-order chi connectivity index (χ0) is 45.8. The maximum absolute atomic E-state index is 14.3. The number of nitrogens with zero attached hydrogens (tertiary/aromatic N) is 4. The Balaban J connectivity index is 0.962. The summed E-state index contributed by atoms with van der Waals surface area (Å²) in [6, 6.07) is 15.0. The van der Waals surface area contributed by atoms with E-state index in [9.17, 15) is 24.0 Å². The second-order valence-electron chi connectivity index (χ2n) is 19.6. The number of hydrogen-bond donors (Lipinski definition) is 3. The molecule has 3 unspecified atom stereocenters. The van der Waals surface area contributed by atoms with Crippen LogP contribution >= 0.6 is 0 Å². The SMILES string of the molecule is C[C@H]1C=CC=CC1[C@H](NC(=O)OC(C)(C)C)C(=O)N1CCCC1C(=O)N1CCC(c2ccc(-c3cnc(C4CCCN4C(=O)[C@H](NC(=O)OC(C)(C)C)c4ccccc4)[nH]3)cc2)CC1. The van der Waals surface area contributed by atoms with E-state index in [-0.39, 0.29) is 41.5 Å². The Morgan fingerprint density at radius 1 is 0.734 bits per heavy atom. The van der Waals surface area contributed by atoms with Crippen molar-refractivity contribution in [1.29, 1.82) is 0 Å². The van der Waals surface area contributed by atoms with Crippen molar-refractivity contribution in [2.75, 3.05) is 26.2 Å². The number of piperidine rings is 1. The van der Waals surface area contributed by atoms with E-state index in [4.69, 9.17) is 14.5 Å². The van der Waals surface area contributed by atoms with Crippen LogP contribution in [0, 0.1) is 11.8 Å². The Bertz CT molecular complexity index is 2200. The zero-order valence-corrected chi connectivity index (χ0v) is 38.3. The predicted octanol–water partition coefficient (Wildman–Crippen LogP) is 7.97. The minimum Gasteiger partial charge on any atom is -0.444 e. The van der Waals surface area contributed by atoms with Gasteiger partial charge in [-0.05, 0) is 109 Å². The number of carbonyl (C=O) groups excluding carboxylic acids is 5. The molecule has 14 heteroatoms. The molecule has 1 aromatic heterocycles. The first-order valence-electron chi connectivity index (χ1n) is 22.9. The molecule has 3 aliphatic heterocycles. The lowest BCUT2D eigenvalue weighted by Gasteiger charge is -2.38. The summed E-state index contributed by atoms with van der Waals surface area (Å²) in [5, 5.41) is 5.69. The number of ether oxygens (including phenoxy) is 2. The first-order valence-corrected chi connectivity index (χ1v) is 22.9. The van der Waals surface area contributed by atoms with E-state index in [0.29, 0.717) is 44.0 Å². The van der Waals surface area contributed by atoms with Gasteiger partial charge < -0.3 is 39.8 Å². The number of imidazole rings is 1. The molecule has 2 aromatic carbocycles. The van der Waals surface area contributed by atoms with Crippen LogP contribution in [-0.4, -0.2) is 104 Å². The highest BCUT2D eigenvalue weighted by molar-refractivity contribution is 5.92. The van der Waals surface area contributed by atoms with Gasteiger partial charge >= 0.3 is 12.2 Å². The van der Waals surface area contributed by atoms with E-state index in [1.165, 1.54) is 5.56 Å². The van der Waals surface area contributed by atoms with Gasteiger partial charge in [-0.15, -0.1) is 0 Å². The summed E-state index contributed by atoms with van der Waals surface area (Å²) >= 11 is 0. The van der Waals surface area contributed by atoms with Crippen LogP contribution in [0.3, 0.4) is 0 Å². The normalized spacial score (nSPS) is 22.5. The standard InChI is InChI=1S/C50H65N7O7/c1-32-15-11-12-18-37(32)42(54-48(62)64-50(5,6)7)46(60)57-28-14-20-40(57)44(58)55-29-25-34(26-30-55)33-21-23-35(24-22-33)38-31-51-43(52-38)39-19-13-27-56(39)45(59)41(36-16-9-8-10-17-36)53-47(61)63-49(2,3)4/h8-12,15-18,21-24,31-32,34,37,39-42H,13-14,19-20,25-30H2,1-7H3,(H,51,52)(H,53,61)(H,54,62)/t32-,37?,39?,40?,41+,42-/m0/s1. The molecule has 3 N–H and O–H groups in total. The zero-order valence-electron chi connectivity index (χ0n) is 38.3. The highest BCUT2D eigenvalue weighted by Gasteiger charge is 2.44. The van der Waals surface area contributed by atoms with Crippen molar-refractivity contribution in [3.8, 4) is 11.3 Å². The molecule has 14 nitrogen and oxygen atoms in total. The Kier molecular flexibility index (Phi) is 14.0. The molecule has 1 aliphatic carbocycles. The average molecular weight is 876 g/mol. The molecule has 5 amide bonds. The molecule has 7 rings (SSSR count). The molecule has 0 saturated carbocycles. The number of nitrogens with one attached hydrogen (secondary N) is 3. The van der Waals surface area contributed by atoms with E-state index in [0.717, 1.165) is 43.4 Å². The van der Waals surface area contributed by atoms with Gasteiger partial charge in [0.25, 0.3) is 5.91 Å². The number of aromatic amines is 1. The Morgan fingerprint density at radius 3 is 2.02 bits per heavy atom. The van der Waals surface area contributed by atoms with Crippen LogP contribution in [0.2, 0.25) is 0 Å². The van der Waals surface area contributed by atoms with Crippen molar-refractivity contribution in [1.82, 2.24) is 35.3 Å². The third kappa shape index (κ3) is 11.1. The summed E-state index contributed by atoms with van der Waals surface area (Å²) in [5.74, 6) is 0.197. The van der Waals surface area contributed by atoms with E-state index in [1.807, 2.05) is 66.5 Å². The minimum atomic E-state index is -0.913. The molecule has 0 spiro atoms. The fraction of sp³-hybridized carbons (Fsp3) is 0.520. The fourth-order valence-electron chi connectivity index (χ4n) is 9.44. The van der Waals surface area contributed by atoms with Crippen molar-refractivity contribution >= 4 is 29.9 Å². The lowest BCUT2D eigenvalue weighted by Crippen LogP contribution is -2.57. The summed E-state index contributed by atoms with van der Waals surface area (Å²) in [6.07, 6.45) is 12.8. The number of allylic oxidation sites excluding steroid dienone is 3. The number of rotatable bonds is 10. The maximum atomic E-state index is 14.3. The Labute approximate surface area is 377 Å². The average Bonchev–Trinajstić information content (AvgIpc) is 4.06.